The van der Waals surface area contributed by atoms with Gasteiger partial charge in [-0.1, -0.05) is 0 Å². The second kappa shape index (κ2) is 6.08. The van der Waals surface area contributed by atoms with Gasteiger partial charge in [0, 0.05) is 16.5 Å². The zero-order valence-electron chi connectivity index (χ0n) is 10.9. The van der Waals surface area contributed by atoms with Crippen LogP contribution in [0, 0.1) is 0 Å². The van der Waals surface area contributed by atoms with E-state index in [-0.39, 0.29) is 17.1 Å². The molecule has 8 bridgehead atoms. The molecule has 6 nitrogen and oxygen atoms in total. The average Bonchev–Trinajstić information content (AvgIpc) is 3.24. The maximum absolute atomic E-state index is 4.50. The summed E-state index contributed by atoms with van der Waals surface area (Å²) < 4.78 is 0. The number of fused-ring (bicyclic) bond motifs is 10. The number of amidine groups is 2. The van der Waals surface area contributed by atoms with Gasteiger partial charge in [0.1, 0.15) is 10.1 Å². The van der Waals surface area contributed by atoms with Crippen molar-refractivity contribution in [2.24, 2.45) is 9.98 Å². The fraction of sp³-hybridized carbons (Fsp3) is 0. The number of hydrogen-bond acceptors (Lipinski definition) is 8. The van der Waals surface area contributed by atoms with E-state index in [0.717, 1.165) is 22.1 Å². The Labute approximate surface area is 158 Å². The molecule has 0 aromatic carbocycles. The Morgan fingerprint density at radius 1 is 0.826 bits per heavy atom. The van der Waals surface area contributed by atoms with Crippen LogP contribution in [0.25, 0.3) is 22.0 Å². The molecule has 5 heterocycles. The van der Waals surface area contributed by atoms with Crippen LogP contribution >= 0.6 is 46.2 Å². The fourth-order valence-electron chi connectivity index (χ4n) is 1.89. The zero-order chi connectivity index (χ0) is 14.5. The predicted molar refractivity (Wildman–Crippen MR) is 96.3 cm³/mol. The van der Waals surface area contributed by atoms with Gasteiger partial charge in [-0.05, 0) is 26.8 Å². The van der Waals surface area contributed by atoms with Crippen LogP contribution in [0.2, 0.25) is 0 Å². The first-order valence-corrected chi connectivity index (χ1v) is 9.62. The summed E-state index contributed by atoms with van der Waals surface area (Å²) in [6, 6.07) is 0. The quantitative estimate of drug-likeness (QED) is 0.550. The molecule has 0 saturated heterocycles. The molecule has 0 spiro atoms. The third-order valence-electron chi connectivity index (χ3n) is 2.85. The van der Waals surface area contributed by atoms with Gasteiger partial charge in [-0.3, -0.25) is 0 Å². The summed E-state index contributed by atoms with van der Waals surface area (Å²) in [5, 5.41) is 19.6. The number of aliphatic imine (C=N–C) groups is 2. The van der Waals surface area contributed by atoms with Crippen molar-refractivity contribution in [2.75, 3.05) is 0 Å². The summed E-state index contributed by atoms with van der Waals surface area (Å²) >= 11 is 5.96. The number of nitrogens with zero attached hydrogens (tertiary/aromatic N) is 6. The maximum Gasteiger partial charge on any atom is 2.00 e. The molecule has 2 aromatic rings. The van der Waals surface area contributed by atoms with Crippen LogP contribution in [0.1, 0.15) is 10.7 Å². The Morgan fingerprint density at radius 2 is 1.61 bits per heavy atom. The van der Waals surface area contributed by atoms with Crippen molar-refractivity contribution >= 4 is 78.9 Å². The fourth-order valence-corrected chi connectivity index (χ4v) is 4.76. The molecule has 0 fully saturated rings. The topological polar surface area (TPSA) is 78.7 Å². The molecule has 2 aromatic heterocycles. The largest absolute Gasteiger partial charge is 2.00 e. The van der Waals surface area contributed by atoms with E-state index in [1.54, 1.807) is 0 Å². The smallest absolute Gasteiger partial charge is 0.428 e. The van der Waals surface area contributed by atoms with Gasteiger partial charge in [0.05, 0.1) is 11.5 Å². The summed E-state index contributed by atoms with van der Waals surface area (Å²) in [7, 11) is 0. The van der Waals surface area contributed by atoms with Crippen molar-refractivity contribution in [1.82, 2.24) is 9.97 Å². The van der Waals surface area contributed by atoms with E-state index in [1.165, 1.54) is 46.2 Å². The predicted octanol–water partition coefficient (Wildman–Crippen LogP) is 5.12. The molecule has 0 amide bonds. The van der Waals surface area contributed by atoms with Gasteiger partial charge in [-0.2, -0.15) is 0 Å². The first kappa shape index (κ1) is 15.4. The Balaban J connectivity index is 0.00000135. The van der Waals surface area contributed by atoms with Crippen molar-refractivity contribution < 1.29 is 17.1 Å². The van der Waals surface area contributed by atoms with Gasteiger partial charge in [0.15, 0.2) is 0 Å². The van der Waals surface area contributed by atoms with Crippen molar-refractivity contribution in [3.8, 4) is 0 Å². The van der Waals surface area contributed by atoms with Gasteiger partial charge in [-0.15, -0.1) is 46.2 Å². The van der Waals surface area contributed by atoms with Crippen LogP contribution in [0.5, 0.6) is 0 Å². The Morgan fingerprint density at radius 3 is 2.52 bits per heavy atom. The Bertz CT molecular complexity index is 834. The second-order valence-corrected chi connectivity index (χ2v) is 7.65. The third kappa shape index (κ3) is 2.88. The molecular formula is C12H4CuN6S4. The zero-order valence-corrected chi connectivity index (χ0v) is 15.1. The standard InChI is InChI=1S/C12H4N6S4.Cu/c1-5-6-2-21-11(14-6)18-12-15-7(3-22-12)9-16-8(4-19-9)17-10(13-5)20-1;/h1-4H;/q-2;+2. The van der Waals surface area contributed by atoms with Crippen molar-refractivity contribution in [2.45, 2.75) is 0 Å². The van der Waals surface area contributed by atoms with Crippen molar-refractivity contribution in [3.05, 3.63) is 42.9 Å². The van der Waals surface area contributed by atoms with Crippen LogP contribution in [-0.2, 0) is 17.1 Å². The van der Waals surface area contributed by atoms with E-state index in [2.05, 4.69) is 30.6 Å². The van der Waals surface area contributed by atoms with Gasteiger partial charge in [0.2, 0.25) is 0 Å². The Hall–Kier alpha value is -1.10. The molecule has 0 N–H and O–H groups in total. The molecule has 3 aliphatic heterocycles. The van der Waals surface area contributed by atoms with Crippen LogP contribution in [0.4, 0.5) is 10.9 Å². The molecule has 1 radical (unpaired) electrons. The molecule has 117 valence electrons. The van der Waals surface area contributed by atoms with E-state index in [9.17, 15) is 0 Å². The van der Waals surface area contributed by atoms with Crippen LogP contribution < -0.4 is 0 Å². The first-order chi connectivity index (χ1) is 10.8. The van der Waals surface area contributed by atoms with Gasteiger partial charge >= 0.3 is 17.1 Å². The first-order valence-electron chi connectivity index (χ1n) is 6.10. The summed E-state index contributed by atoms with van der Waals surface area (Å²) in [5.41, 5.74) is 2.45. The van der Waals surface area contributed by atoms with Crippen LogP contribution in [0.15, 0.2) is 31.6 Å². The van der Waals surface area contributed by atoms with Gasteiger partial charge in [0.25, 0.3) is 0 Å². The van der Waals surface area contributed by atoms with Crippen LogP contribution in [0.3, 0.4) is 0 Å². The van der Waals surface area contributed by atoms with Crippen LogP contribution in [-0.4, -0.2) is 20.3 Å². The van der Waals surface area contributed by atoms with Crippen molar-refractivity contribution in [3.63, 3.8) is 0 Å². The van der Waals surface area contributed by atoms with Crippen molar-refractivity contribution in [1.29, 1.82) is 0 Å². The average molecular weight is 424 g/mol. The molecule has 0 saturated carbocycles. The SMILES string of the molecule is C1=C2[N-]C(=Nc3csc(n3)C3=CSC(=Nc4nc2cs4)[N-]3)S1.[Cu+2]. The molecule has 23 heavy (non-hydrogen) atoms. The summed E-state index contributed by atoms with van der Waals surface area (Å²) in [6.45, 7) is 0. The minimum Gasteiger partial charge on any atom is -0.428 e. The van der Waals surface area contributed by atoms with Gasteiger partial charge in [-0.25, -0.2) is 9.97 Å². The maximum atomic E-state index is 4.50. The normalized spacial score (nSPS) is 17.7. The number of thioether (sulfide) groups is 2. The molecular weight excluding hydrogens is 420 g/mol. The molecule has 5 rings (SSSR count). The van der Waals surface area contributed by atoms with E-state index in [1.807, 2.05) is 21.6 Å². The summed E-state index contributed by atoms with van der Waals surface area (Å²) in [4.78, 5) is 18.0. The molecule has 0 unspecified atom stereocenters. The molecule has 0 atom stereocenters. The number of hydrogen-bond donors (Lipinski definition) is 0. The van der Waals surface area contributed by atoms with E-state index >= 15 is 0 Å². The number of rotatable bonds is 0. The number of aromatic nitrogens is 2. The number of thiazole rings is 2. The third-order valence-corrected chi connectivity index (χ3v) is 5.91. The van der Waals surface area contributed by atoms with Gasteiger partial charge < -0.3 is 20.6 Å². The monoisotopic (exact) mass is 423 g/mol. The summed E-state index contributed by atoms with van der Waals surface area (Å²) in [6.07, 6.45) is 0. The van der Waals surface area contributed by atoms with E-state index in [4.69, 9.17) is 0 Å². The Kier molecular flexibility index (Phi) is 4.08. The van der Waals surface area contributed by atoms with E-state index < -0.39 is 0 Å². The minimum absolute atomic E-state index is 0. The minimum atomic E-state index is 0. The summed E-state index contributed by atoms with van der Waals surface area (Å²) in [5.74, 6) is 0.656. The molecule has 3 aliphatic rings. The molecule has 11 heteroatoms. The van der Waals surface area contributed by atoms with E-state index in [0.29, 0.717) is 21.3 Å². The molecule has 0 aliphatic carbocycles. The second-order valence-electron chi connectivity index (χ2n) is 4.28.